The van der Waals surface area contributed by atoms with Crippen LogP contribution < -0.4 is 20.7 Å². The molecule has 0 saturated heterocycles. The SMILES string of the molecule is CCCOc1cc(C)ccc1CNC(=NCc1cccc(C(=O)NC)c1)NCC. The van der Waals surface area contributed by atoms with Crippen LogP contribution in [-0.2, 0) is 13.1 Å². The van der Waals surface area contributed by atoms with Crippen LogP contribution in [-0.4, -0.2) is 32.1 Å². The van der Waals surface area contributed by atoms with Gasteiger partial charge in [0.1, 0.15) is 5.75 Å². The van der Waals surface area contributed by atoms with Crippen molar-refractivity contribution in [3.8, 4) is 5.75 Å². The zero-order chi connectivity index (χ0) is 21.1. The molecule has 0 radical (unpaired) electrons. The molecule has 0 unspecified atom stereocenters. The van der Waals surface area contributed by atoms with Crippen LogP contribution >= 0.6 is 0 Å². The van der Waals surface area contributed by atoms with Crippen molar-refractivity contribution in [3.05, 3.63) is 64.7 Å². The molecule has 0 aliphatic heterocycles. The fourth-order valence-electron chi connectivity index (χ4n) is 2.80. The summed E-state index contributed by atoms with van der Waals surface area (Å²) in [5.41, 5.74) is 3.88. The number of hydrogen-bond acceptors (Lipinski definition) is 3. The van der Waals surface area contributed by atoms with E-state index < -0.39 is 0 Å². The average molecular weight is 397 g/mol. The van der Waals surface area contributed by atoms with E-state index in [1.807, 2.05) is 25.1 Å². The first-order valence-corrected chi connectivity index (χ1v) is 10.1. The molecule has 0 aliphatic carbocycles. The van der Waals surface area contributed by atoms with E-state index in [1.54, 1.807) is 13.1 Å². The Hall–Kier alpha value is -3.02. The summed E-state index contributed by atoms with van der Waals surface area (Å²) in [5.74, 6) is 1.54. The second-order valence-electron chi connectivity index (χ2n) is 6.79. The van der Waals surface area contributed by atoms with Gasteiger partial charge in [-0.05, 0) is 49.6 Å². The van der Waals surface area contributed by atoms with Crippen molar-refractivity contribution in [2.75, 3.05) is 20.2 Å². The number of nitrogens with zero attached hydrogens (tertiary/aromatic N) is 1. The van der Waals surface area contributed by atoms with Gasteiger partial charge in [0.15, 0.2) is 5.96 Å². The normalized spacial score (nSPS) is 11.1. The van der Waals surface area contributed by atoms with Crippen molar-refractivity contribution in [3.63, 3.8) is 0 Å². The fourth-order valence-corrected chi connectivity index (χ4v) is 2.80. The monoisotopic (exact) mass is 396 g/mol. The van der Waals surface area contributed by atoms with Crippen molar-refractivity contribution in [2.45, 2.75) is 40.3 Å². The van der Waals surface area contributed by atoms with Gasteiger partial charge in [0.25, 0.3) is 5.91 Å². The van der Waals surface area contributed by atoms with Gasteiger partial charge in [-0.15, -0.1) is 0 Å². The predicted molar refractivity (Wildman–Crippen MR) is 118 cm³/mol. The van der Waals surface area contributed by atoms with Gasteiger partial charge in [0.05, 0.1) is 13.2 Å². The third kappa shape index (κ3) is 7.14. The number of guanidine groups is 1. The van der Waals surface area contributed by atoms with Gasteiger partial charge < -0.3 is 20.7 Å². The number of rotatable bonds is 9. The third-order valence-electron chi connectivity index (χ3n) is 4.31. The molecule has 0 bridgehead atoms. The number of amides is 1. The average Bonchev–Trinajstić information content (AvgIpc) is 2.74. The van der Waals surface area contributed by atoms with Crippen molar-refractivity contribution in [1.29, 1.82) is 0 Å². The second kappa shape index (κ2) is 11.7. The summed E-state index contributed by atoms with van der Waals surface area (Å²) >= 11 is 0. The Kier molecular flexibility index (Phi) is 9.02. The molecule has 1 amide bonds. The molecular weight excluding hydrogens is 364 g/mol. The van der Waals surface area contributed by atoms with Crippen LogP contribution in [0.3, 0.4) is 0 Å². The molecule has 0 aliphatic rings. The molecule has 0 spiro atoms. The molecule has 0 atom stereocenters. The van der Waals surface area contributed by atoms with Gasteiger partial charge in [-0.3, -0.25) is 4.79 Å². The number of nitrogens with one attached hydrogen (secondary N) is 3. The molecule has 0 heterocycles. The molecular formula is C23H32N4O2. The van der Waals surface area contributed by atoms with Crippen LogP contribution in [0.1, 0.15) is 47.3 Å². The number of ether oxygens (including phenoxy) is 1. The lowest BCUT2D eigenvalue weighted by Gasteiger charge is -2.15. The van der Waals surface area contributed by atoms with Gasteiger partial charge >= 0.3 is 0 Å². The summed E-state index contributed by atoms with van der Waals surface area (Å²) in [6.07, 6.45) is 0.972. The summed E-state index contributed by atoms with van der Waals surface area (Å²) in [6, 6.07) is 13.7. The summed E-state index contributed by atoms with van der Waals surface area (Å²) in [7, 11) is 1.63. The molecule has 6 heteroatoms. The van der Waals surface area contributed by atoms with E-state index >= 15 is 0 Å². The summed E-state index contributed by atoms with van der Waals surface area (Å²) in [5, 5.41) is 9.28. The minimum absolute atomic E-state index is 0.0974. The maximum Gasteiger partial charge on any atom is 0.251 e. The van der Waals surface area contributed by atoms with Crippen LogP contribution in [0.4, 0.5) is 0 Å². The lowest BCUT2D eigenvalue weighted by Crippen LogP contribution is -2.36. The van der Waals surface area contributed by atoms with Crippen molar-refractivity contribution >= 4 is 11.9 Å². The number of carbonyl (C=O) groups is 1. The highest BCUT2D eigenvalue weighted by Gasteiger charge is 2.07. The largest absolute Gasteiger partial charge is 0.493 e. The number of carbonyl (C=O) groups excluding carboxylic acids is 1. The van der Waals surface area contributed by atoms with Gasteiger partial charge in [-0.1, -0.05) is 31.2 Å². The highest BCUT2D eigenvalue weighted by Crippen LogP contribution is 2.20. The molecule has 2 aromatic rings. The molecule has 0 aromatic heterocycles. The van der Waals surface area contributed by atoms with Gasteiger partial charge in [-0.25, -0.2) is 4.99 Å². The molecule has 156 valence electrons. The standard InChI is InChI=1S/C23H32N4O2/c1-5-12-29-21-13-17(3)10-11-20(21)16-27-23(25-6-2)26-15-18-8-7-9-19(14-18)22(28)24-4/h7-11,13-14H,5-6,12,15-16H2,1-4H3,(H,24,28)(H2,25,26,27). The van der Waals surface area contributed by atoms with Crippen LogP contribution in [0, 0.1) is 6.92 Å². The molecule has 2 aromatic carbocycles. The van der Waals surface area contributed by atoms with Gasteiger partial charge in [0, 0.05) is 31.3 Å². The molecule has 6 nitrogen and oxygen atoms in total. The molecule has 0 saturated carbocycles. The van der Waals surface area contributed by atoms with Crippen LogP contribution in [0.15, 0.2) is 47.5 Å². The third-order valence-corrected chi connectivity index (χ3v) is 4.31. The lowest BCUT2D eigenvalue weighted by molar-refractivity contribution is 0.0963. The Bertz CT molecular complexity index is 833. The van der Waals surface area contributed by atoms with Gasteiger partial charge in [0.2, 0.25) is 0 Å². The predicted octanol–water partition coefficient (Wildman–Crippen LogP) is 3.40. The minimum Gasteiger partial charge on any atom is -0.493 e. The molecule has 3 N–H and O–H groups in total. The van der Waals surface area contributed by atoms with Gasteiger partial charge in [-0.2, -0.15) is 0 Å². The van der Waals surface area contributed by atoms with Crippen LogP contribution in [0.2, 0.25) is 0 Å². The van der Waals surface area contributed by atoms with E-state index in [-0.39, 0.29) is 5.91 Å². The maximum absolute atomic E-state index is 11.8. The Balaban J connectivity index is 2.08. The fraction of sp³-hybridized carbons (Fsp3) is 0.391. The highest BCUT2D eigenvalue weighted by atomic mass is 16.5. The van der Waals surface area contributed by atoms with E-state index in [9.17, 15) is 4.79 Å². The van der Waals surface area contributed by atoms with E-state index in [1.165, 1.54) is 5.56 Å². The molecule has 2 rings (SSSR count). The number of aliphatic imine (C=N–C) groups is 1. The van der Waals surface area contributed by atoms with Crippen molar-refractivity contribution in [2.24, 2.45) is 4.99 Å². The topological polar surface area (TPSA) is 74.8 Å². The first-order valence-electron chi connectivity index (χ1n) is 10.1. The first kappa shape index (κ1) is 22.3. The first-order chi connectivity index (χ1) is 14.1. The summed E-state index contributed by atoms with van der Waals surface area (Å²) in [6.45, 7) is 8.75. The Morgan fingerprint density at radius 3 is 2.66 bits per heavy atom. The highest BCUT2D eigenvalue weighted by molar-refractivity contribution is 5.94. The Morgan fingerprint density at radius 1 is 1.10 bits per heavy atom. The number of hydrogen-bond donors (Lipinski definition) is 3. The molecule has 29 heavy (non-hydrogen) atoms. The lowest BCUT2D eigenvalue weighted by atomic mass is 10.1. The van der Waals surface area contributed by atoms with Crippen LogP contribution in [0.5, 0.6) is 5.75 Å². The zero-order valence-corrected chi connectivity index (χ0v) is 17.8. The number of aryl methyl sites for hydroxylation is 1. The van der Waals surface area contributed by atoms with Crippen LogP contribution in [0.25, 0.3) is 0 Å². The Morgan fingerprint density at radius 2 is 1.93 bits per heavy atom. The van der Waals surface area contributed by atoms with E-state index in [0.717, 1.165) is 35.8 Å². The maximum atomic E-state index is 11.8. The summed E-state index contributed by atoms with van der Waals surface area (Å²) < 4.78 is 5.90. The molecule has 0 fully saturated rings. The van der Waals surface area contributed by atoms with E-state index in [4.69, 9.17) is 4.74 Å². The second-order valence-corrected chi connectivity index (χ2v) is 6.79. The van der Waals surface area contributed by atoms with Crippen molar-refractivity contribution < 1.29 is 9.53 Å². The van der Waals surface area contributed by atoms with Crippen molar-refractivity contribution in [1.82, 2.24) is 16.0 Å². The Labute approximate surface area is 173 Å². The minimum atomic E-state index is -0.0974. The smallest absolute Gasteiger partial charge is 0.251 e. The summed E-state index contributed by atoms with van der Waals surface area (Å²) in [4.78, 5) is 16.5. The van der Waals surface area contributed by atoms with E-state index in [2.05, 4.69) is 53.0 Å². The quantitative estimate of drug-likeness (QED) is 0.449. The zero-order valence-electron chi connectivity index (χ0n) is 17.8. The van der Waals surface area contributed by atoms with E-state index in [0.29, 0.717) is 25.3 Å². The number of benzene rings is 2.